The molecule has 0 nitrogen and oxygen atoms in total. The molecule has 0 N–H and O–H groups in total. The van der Waals surface area contributed by atoms with Gasteiger partial charge in [0.2, 0.25) is 0 Å². The van der Waals surface area contributed by atoms with Gasteiger partial charge in [0.05, 0.1) is 10.6 Å². The first-order valence-corrected chi connectivity index (χ1v) is 5.61. The molecule has 0 saturated heterocycles. The van der Waals surface area contributed by atoms with Crippen LogP contribution in [0.3, 0.4) is 0 Å². The van der Waals surface area contributed by atoms with Crippen molar-refractivity contribution in [3.8, 4) is 11.1 Å². The van der Waals surface area contributed by atoms with Crippen LogP contribution in [0.5, 0.6) is 0 Å². The number of rotatable bonds is 1. The number of hydrogen-bond donors (Lipinski definition) is 0. The average molecular weight is 270 g/mol. The highest BCUT2D eigenvalue weighted by Gasteiger charge is 2.33. The number of halogens is 4. The minimum absolute atomic E-state index is 0.286. The van der Waals surface area contributed by atoms with Gasteiger partial charge in [-0.25, -0.2) is 0 Å². The molecule has 0 aliphatic rings. The fraction of sp³-hybridized carbons (Fsp3) is 0.143. The molecule has 0 unspecified atom stereocenters. The van der Waals surface area contributed by atoms with E-state index in [1.165, 1.54) is 6.07 Å². The Morgan fingerprint density at radius 1 is 1.17 bits per heavy atom. The largest absolute Gasteiger partial charge is 0.417 e. The molecule has 2 aromatic carbocycles. The van der Waals surface area contributed by atoms with Crippen LogP contribution in [-0.4, -0.2) is 0 Å². The highest BCUT2D eigenvalue weighted by atomic mass is 35.5. The molecule has 0 aromatic heterocycles. The van der Waals surface area contributed by atoms with Crippen LogP contribution in [0.4, 0.5) is 13.2 Å². The molecule has 93 valence electrons. The molecule has 2 rings (SSSR count). The van der Waals surface area contributed by atoms with E-state index in [0.717, 1.165) is 17.2 Å². The predicted octanol–water partition coefficient (Wildman–Crippen LogP) is 5.13. The smallest absolute Gasteiger partial charge is 0.166 e. The van der Waals surface area contributed by atoms with Crippen molar-refractivity contribution < 1.29 is 13.2 Å². The zero-order valence-corrected chi connectivity index (χ0v) is 10.2. The lowest BCUT2D eigenvalue weighted by Crippen LogP contribution is -2.06. The van der Waals surface area contributed by atoms with E-state index in [1.54, 1.807) is 24.3 Å². The minimum atomic E-state index is -4.44. The quantitative estimate of drug-likeness (QED) is 0.673. The standard InChI is InChI=1S/C14H9ClF3/c1-9-4-2-3-5-11(9)10-6-7-13(15)12(8-10)14(16,17)18/h3-8H,1H3. The lowest BCUT2D eigenvalue weighted by molar-refractivity contribution is -0.137. The molecule has 0 atom stereocenters. The SMILES string of the molecule is Cc1c[c]ccc1-c1ccc(Cl)c(C(F)(F)F)c1. The van der Waals surface area contributed by atoms with Crippen molar-refractivity contribution in [2.75, 3.05) is 0 Å². The van der Waals surface area contributed by atoms with Crippen LogP contribution in [0.25, 0.3) is 11.1 Å². The number of hydrogen-bond acceptors (Lipinski definition) is 0. The Labute approximate surface area is 108 Å². The monoisotopic (exact) mass is 269 g/mol. The zero-order chi connectivity index (χ0) is 13.3. The van der Waals surface area contributed by atoms with Gasteiger partial charge in [-0.15, -0.1) is 0 Å². The fourth-order valence-corrected chi connectivity index (χ4v) is 1.97. The zero-order valence-electron chi connectivity index (χ0n) is 9.48. The third-order valence-corrected chi connectivity index (χ3v) is 2.98. The van der Waals surface area contributed by atoms with Gasteiger partial charge in [-0.3, -0.25) is 0 Å². The topological polar surface area (TPSA) is 0 Å². The van der Waals surface area contributed by atoms with Crippen molar-refractivity contribution in [2.24, 2.45) is 0 Å². The Morgan fingerprint density at radius 3 is 2.50 bits per heavy atom. The van der Waals surface area contributed by atoms with Crippen molar-refractivity contribution in [1.29, 1.82) is 0 Å². The predicted molar refractivity (Wildman–Crippen MR) is 65.5 cm³/mol. The summed E-state index contributed by atoms with van der Waals surface area (Å²) < 4.78 is 38.3. The molecule has 0 bridgehead atoms. The number of alkyl halides is 3. The van der Waals surface area contributed by atoms with Crippen molar-refractivity contribution >= 4 is 11.6 Å². The van der Waals surface area contributed by atoms with Crippen LogP contribution in [0.1, 0.15) is 11.1 Å². The van der Waals surface area contributed by atoms with Crippen molar-refractivity contribution in [2.45, 2.75) is 13.1 Å². The molecule has 4 heteroatoms. The van der Waals surface area contributed by atoms with Crippen LogP contribution in [0.2, 0.25) is 5.02 Å². The molecule has 0 heterocycles. The summed E-state index contributed by atoms with van der Waals surface area (Å²) >= 11 is 5.58. The van der Waals surface area contributed by atoms with Gasteiger partial charge in [0.15, 0.2) is 0 Å². The molecular weight excluding hydrogens is 261 g/mol. The Bertz CT molecular complexity index is 573. The Hall–Kier alpha value is -1.48. The summed E-state index contributed by atoms with van der Waals surface area (Å²) in [5.74, 6) is 0. The molecular formula is C14H9ClF3. The van der Waals surface area contributed by atoms with Crippen LogP contribution in [0.15, 0.2) is 36.4 Å². The molecule has 0 fully saturated rings. The van der Waals surface area contributed by atoms with Crippen LogP contribution >= 0.6 is 11.6 Å². The normalized spacial score (nSPS) is 11.6. The molecule has 0 amide bonds. The van der Waals surface area contributed by atoms with E-state index in [0.29, 0.717) is 5.56 Å². The molecule has 0 saturated carbocycles. The second-order valence-corrected chi connectivity index (χ2v) is 4.34. The number of benzene rings is 2. The van der Waals surface area contributed by atoms with Gasteiger partial charge >= 0.3 is 6.18 Å². The van der Waals surface area contributed by atoms with Crippen LogP contribution in [0, 0.1) is 13.0 Å². The Balaban J connectivity index is 2.58. The van der Waals surface area contributed by atoms with E-state index in [9.17, 15) is 13.2 Å². The lowest BCUT2D eigenvalue weighted by Gasteiger charge is -2.12. The Kier molecular flexibility index (Phi) is 3.35. The molecule has 1 radical (unpaired) electrons. The first-order chi connectivity index (χ1) is 8.39. The van der Waals surface area contributed by atoms with E-state index in [2.05, 4.69) is 6.07 Å². The summed E-state index contributed by atoms with van der Waals surface area (Å²) in [5.41, 5.74) is 1.30. The maximum Gasteiger partial charge on any atom is 0.417 e. The average Bonchev–Trinajstić information content (AvgIpc) is 2.29. The lowest BCUT2D eigenvalue weighted by atomic mass is 9.99. The summed E-state index contributed by atoms with van der Waals surface area (Å²) in [7, 11) is 0. The van der Waals surface area contributed by atoms with Gasteiger partial charge in [0.25, 0.3) is 0 Å². The van der Waals surface area contributed by atoms with Gasteiger partial charge in [-0.05, 0) is 41.8 Å². The van der Waals surface area contributed by atoms with E-state index in [4.69, 9.17) is 11.6 Å². The maximum absolute atomic E-state index is 12.8. The Morgan fingerprint density at radius 2 is 1.89 bits per heavy atom. The second kappa shape index (κ2) is 4.65. The summed E-state index contributed by atoms with van der Waals surface area (Å²) in [4.78, 5) is 0. The molecule has 0 aliphatic heterocycles. The van der Waals surface area contributed by atoms with Gasteiger partial charge < -0.3 is 0 Å². The maximum atomic E-state index is 12.8. The summed E-state index contributed by atoms with van der Waals surface area (Å²) in [6.45, 7) is 1.83. The van der Waals surface area contributed by atoms with Gasteiger partial charge in [-0.1, -0.05) is 35.9 Å². The van der Waals surface area contributed by atoms with Crippen molar-refractivity contribution in [3.05, 3.63) is 58.6 Å². The molecule has 0 aliphatic carbocycles. The first-order valence-electron chi connectivity index (χ1n) is 5.23. The van der Waals surface area contributed by atoms with Gasteiger partial charge in [-0.2, -0.15) is 13.2 Å². The highest BCUT2D eigenvalue weighted by molar-refractivity contribution is 6.31. The van der Waals surface area contributed by atoms with Crippen molar-refractivity contribution in [3.63, 3.8) is 0 Å². The molecule has 2 aromatic rings. The van der Waals surface area contributed by atoms with E-state index in [-0.39, 0.29) is 5.02 Å². The van der Waals surface area contributed by atoms with E-state index < -0.39 is 11.7 Å². The molecule has 18 heavy (non-hydrogen) atoms. The van der Waals surface area contributed by atoms with E-state index in [1.807, 2.05) is 6.92 Å². The summed E-state index contributed by atoms with van der Waals surface area (Å²) in [6, 6.07) is 11.9. The van der Waals surface area contributed by atoms with E-state index >= 15 is 0 Å². The minimum Gasteiger partial charge on any atom is -0.166 e. The van der Waals surface area contributed by atoms with Crippen molar-refractivity contribution in [1.82, 2.24) is 0 Å². The first kappa shape index (κ1) is 13.0. The van der Waals surface area contributed by atoms with Gasteiger partial charge in [0, 0.05) is 0 Å². The summed E-state index contributed by atoms with van der Waals surface area (Å²) in [6.07, 6.45) is -4.44. The fourth-order valence-electron chi connectivity index (χ4n) is 1.75. The highest BCUT2D eigenvalue weighted by Crippen LogP contribution is 2.37. The summed E-state index contributed by atoms with van der Waals surface area (Å²) in [5, 5.41) is -0.286. The van der Waals surface area contributed by atoms with Crippen LogP contribution < -0.4 is 0 Å². The van der Waals surface area contributed by atoms with Gasteiger partial charge in [0.1, 0.15) is 0 Å². The third-order valence-electron chi connectivity index (χ3n) is 2.65. The molecule has 0 spiro atoms. The van der Waals surface area contributed by atoms with Crippen LogP contribution in [-0.2, 0) is 6.18 Å². The second-order valence-electron chi connectivity index (χ2n) is 3.93. The third kappa shape index (κ3) is 2.51. The number of aryl methyl sites for hydroxylation is 1.